The first-order chi connectivity index (χ1) is 9.49. The third-order valence-electron chi connectivity index (χ3n) is 3.13. The number of carbonyl (C=O) groups excluding carboxylic acids is 2. The molecule has 0 radical (unpaired) electrons. The van der Waals surface area contributed by atoms with Gasteiger partial charge in [0.1, 0.15) is 0 Å². The van der Waals surface area contributed by atoms with Gasteiger partial charge in [-0.3, -0.25) is 9.59 Å². The van der Waals surface area contributed by atoms with Crippen molar-refractivity contribution in [2.45, 2.75) is 20.8 Å². The molecule has 110 valence electrons. The van der Waals surface area contributed by atoms with E-state index < -0.39 is 0 Å². The molecule has 0 aliphatic heterocycles. The van der Waals surface area contributed by atoms with Crippen LogP contribution in [-0.4, -0.2) is 24.9 Å². The number of hydrogen-bond donors (Lipinski definition) is 3. The van der Waals surface area contributed by atoms with Crippen LogP contribution in [-0.2, 0) is 4.79 Å². The average molecular weight is 277 g/mol. The molecule has 0 aromatic heterocycles. The van der Waals surface area contributed by atoms with Crippen LogP contribution in [0.2, 0.25) is 0 Å². The van der Waals surface area contributed by atoms with Gasteiger partial charge in [-0.05, 0) is 31.0 Å². The Morgan fingerprint density at radius 3 is 2.55 bits per heavy atom. The Balaban J connectivity index is 2.80. The lowest BCUT2D eigenvalue weighted by atomic mass is 9.95. The van der Waals surface area contributed by atoms with E-state index in [2.05, 4.69) is 10.6 Å². The summed E-state index contributed by atoms with van der Waals surface area (Å²) in [5.74, 6) is -0.326. The number of nitrogens with one attached hydrogen (secondary N) is 2. The summed E-state index contributed by atoms with van der Waals surface area (Å²) in [6.07, 6.45) is 0. The second-order valence-electron chi connectivity index (χ2n) is 5.02. The van der Waals surface area contributed by atoms with Gasteiger partial charge < -0.3 is 16.4 Å². The number of nitrogens with two attached hydrogens (primary N) is 1. The quantitative estimate of drug-likeness (QED) is 0.738. The zero-order valence-electron chi connectivity index (χ0n) is 12.3. The number of carbonyl (C=O) groups is 2. The first-order valence-corrected chi connectivity index (χ1v) is 6.88. The van der Waals surface area contributed by atoms with Gasteiger partial charge in [0.05, 0.1) is 5.92 Å². The lowest BCUT2D eigenvalue weighted by Gasteiger charge is -2.18. The molecule has 1 rings (SSSR count). The van der Waals surface area contributed by atoms with Crippen LogP contribution in [0.4, 0.5) is 5.69 Å². The summed E-state index contributed by atoms with van der Waals surface area (Å²) < 4.78 is 0. The standard InChI is InChI=1S/C15H23N3O2/c1-4-17-14(19)11-6-5-7-12(8-11)18-15(20)13(9-16)10(2)3/h5-8,10,13H,4,9,16H2,1-3H3,(H,17,19)(H,18,20). The molecule has 0 heterocycles. The molecule has 4 N–H and O–H groups in total. The Morgan fingerprint density at radius 2 is 2.00 bits per heavy atom. The highest BCUT2D eigenvalue weighted by molar-refractivity contribution is 5.97. The van der Waals surface area contributed by atoms with Gasteiger partial charge in [0.2, 0.25) is 5.91 Å². The normalized spacial score (nSPS) is 12.1. The Hall–Kier alpha value is -1.88. The molecule has 0 saturated carbocycles. The SMILES string of the molecule is CCNC(=O)c1cccc(NC(=O)C(CN)C(C)C)c1. The first kappa shape index (κ1) is 16.2. The number of anilines is 1. The average Bonchev–Trinajstić information content (AvgIpc) is 2.39. The van der Waals surface area contributed by atoms with Gasteiger partial charge in [-0.2, -0.15) is 0 Å². The zero-order chi connectivity index (χ0) is 15.1. The first-order valence-electron chi connectivity index (χ1n) is 6.88. The third-order valence-corrected chi connectivity index (χ3v) is 3.13. The summed E-state index contributed by atoms with van der Waals surface area (Å²) in [5.41, 5.74) is 6.76. The van der Waals surface area contributed by atoms with Crippen molar-refractivity contribution in [3.8, 4) is 0 Å². The van der Waals surface area contributed by atoms with Crippen LogP contribution in [0.5, 0.6) is 0 Å². The highest BCUT2D eigenvalue weighted by Gasteiger charge is 2.20. The van der Waals surface area contributed by atoms with Gasteiger partial charge in [0.25, 0.3) is 5.91 Å². The summed E-state index contributed by atoms with van der Waals surface area (Å²) in [6.45, 7) is 6.65. The van der Waals surface area contributed by atoms with Crippen LogP contribution < -0.4 is 16.4 Å². The largest absolute Gasteiger partial charge is 0.352 e. The topological polar surface area (TPSA) is 84.2 Å². The predicted octanol–water partition coefficient (Wildman–Crippen LogP) is 1.61. The van der Waals surface area contributed by atoms with E-state index in [0.29, 0.717) is 24.3 Å². The van der Waals surface area contributed by atoms with Crippen LogP contribution in [0.15, 0.2) is 24.3 Å². The van der Waals surface area contributed by atoms with E-state index in [9.17, 15) is 9.59 Å². The van der Waals surface area contributed by atoms with Crippen molar-refractivity contribution in [1.82, 2.24) is 5.32 Å². The van der Waals surface area contributed by atoms with Crippen LogP contribution in [0, 0.1) is 11.8 Å². The van der Waals surface area contributed by atoms with Gasteiger partial charge in [0.15, 0.2) is 0 Å². The van der Waals surface area contributed by atoms with Gasteiger partial charge in [0, 0.05) is 24.3 Å². The Kier molecular flexibility index (Phi) is 6.18. The van der Waals surface area contributed by atoms with Crippen molar-refractivity contribution in [2.24, 2.45) is 17.6 Å². The molecule has 1 atom stereocenters. The molecule has 0 bridgehead atoms. The number of rotatable bonds is 6. The number of amides is 2. The molecule has 0 fully saturated rings. The molecule has 1 aromatic rings. The molecule has 0 aliphatic carbocycles. The summed E-state index contributed by atoms with van der Waals surface area (Å²) in [4.78, 5) is 23.8. The molecule has 5 nitrogen and oxygen atoms in total. The Morgan fingerprint density at radius 1 is 1.30 bits per heavy atom. The second-order valence-corrected chi connectivity index (χ2v) is 5.02. The number of hydrogen-bond acceptors (Lipinski definition) is 3. The molecule has 5 heteroatoms. The van der Waals surface area contributed by atoms with Crippen molar-refractivity contribution in [3.05, 3.63) is 29.8 Å². The summed E-state index contributed by atoms with van der Waals surface area (Å²) in [6, 6.07) is 6.88. The minimum absolute atomic E-state index is 0.115. The van der Waals surface area contributed by atoms with Crippen LogP contribution in [0.25, 0.3) is 0 Å². The van der Waals surface area contributed by atoms with Gasteiger partial charge >= 0.3 is 0 Å². The monoisotopic (exact) mass is 277 g/mol. The lowest BCUT2D eigenvalue weighted by molar-refractivity contribution is -0.120. The van der Waals surface area contributed by atoms with Crippen LogP contribution in [0.1, 0.15) is 31.1 Å². The van der Waals surface area contributed by atoms with E-state index in [4.69, 9.17) is 5.73 Å². The van der Waals surface area contributed by atoms with Gasteiger partial charge in [-0.15, -0.1) is 0 Å². The van der Waals surface area contributed by atoms with Gasteiger partial charge in [-0.25, -0.2) is 0 Å². The summed E-state index contributed by atoms with van der Waals surface area (Å²) >= 11 is 0. The second kappa shape index (κ2) is 7.65. The van der Waals surface area contributed by atoms with E-state index in [1.54, 1.807) is 24.3 Å². The molecule has 0 spiro atoms. The molecule has 0 saturated heterocycles. The highest BCUT2D eigenvalue weighted by atomic mass is 16.2. The lowest BCUT2D eigenvalue weighted by Crippen LogP contribution is -2.33. The molecule has 2 amide bonds. The maximum absolute atomic E-state index is 12.1. The Bertz CT molecular complexity index is 472. The van der Waals surface area contributed by atoms with E-state index in [1.807, 2.05) is 20.8 Å². The van der Waals surface area contributed by atoms with Crippen molar-refractivity contribution in [2.75, 3.05) is 18.4 Å². The molecule has 20 heavy (non-hydrogen) atoms. The van der Waals surface area contributed by atoms with Crippen molar-refractivity contribution >= 4 is 17.5 Å². The Labute approximate surface area is 119 Å². The smallest absolute Gasteiger partial charge is 0.251 e. The fourth-order valence-electron chi connectivity index (χ4n) is 1.92. The molecule has 1 aromatic carbocycles. The highest BCUT2D eigenvalue weighted by Crippen LogP contribution is 2.15. The minimum atomic E-state index is -0.233. The van der Waals surface area contributed by atoms with Gasteiger partial charge in [-0.1, -0.05) is 19.9 Å². The van der Waals surface area contributed by atoms with Crippen LogP contribution >= 0.6 is 0 Å². The van der Waals surface area contributed by atoms with E-state index >= 15 is 0 Å². The molecular formula is C15H23N3O2. The fourth-order valence-corrected chi connectivity index (χ4v) is 1.92. The van der Waals surface area contributed by atoms with Crippen molar-refractivity contribution in [1.29, 1.82) is 0 Å². The van der Waals surface area contributed by atoms with Crippen molar-refractivity contribution in [3.63, 3.8) is 0 Å². The maximum atomic E-state index is 12.1. The molecule has 1 unspecified atom stereocenters. The van der Waals surface area contributed by atoms with E-state index in [0.717, 1.165) is 0 Å². The third kappa shape index (κ3) is 4.35. The zero-order valence-corrected chi connectivity index (χ0v) is 12.3. The minimum Gasteiger partial charge on any atom is -0.352 e. The van der Waals surface area contributed by atoms with Crippen LogP contribution in [0.3, 0.4) is 0 Å². The fraction of sp³-hybridized carbons (Fsp3) is 0.467. The molecule has 0 aliphatic rings. The maximum Gasteiger partial charge on any atom is 0.251 e. The van der Waals surface area contributed by atoms with Crippen molar-refractivity contribution < 1.29 is 9.59 Å². The van der Waals surface area contributed by atoms with E-state index in [-0.39, 0.29) is 23.7 Å². The summed E-state index contributed by atoms with van der Waals surface area (Å²) in [7, 11) is 0. The number of benzene rings is 1. The predicted molar refractivity (Wildman–Crippen MR) is 80.5 cm³/mol. The summed E-state index contributed by atoms with van der Waals surface area (Å²) in [5, 5.41) is 5.54. The molecular weight excluding hydrogens is 254 g/mol. The van der Waals surface area contributed by atoms with E-state index in [1.165, 1.54) is 0 Å².